The molecule has 1 aromatic heterocycles. The Bertz CT molecular complexity index is 250. The summed E-state index contributed by atoms with van der Waals surface area (Å²) >= 11 is 0. The summed E-state index contributed by atoms with van der Waals surface area (Å²) in [5, 5.41) is 0. The maximum atomic E-state index is 3.71. The minimum Gasteiger partial charge on any atom is -0.237 e. The molecule has 0 radical (unpaired) electrons. The molecule has 1 aromatic rings. The monoisotopic (exact) mass is 179 g/mol. The largest absolute Gasteiger partial charge is 0.243 e. The Balaban J connectivity index is 2.38. The van der Waals surface area contributed by atoms with Gasteiger partial charge in [0.15, 0.2) is 0 Å². The lowest BCUT2D eigenvalue weighted by Crippen LogP contribution is -2.30. The van der Waals surface area contributed by atoms with E-state index in [0.717, 1.165) is 19.5 Å². The molecule has 72 valence electrons. The fourth-order valence-electron chi connectivity index (χ4n) is 1.28. The summed E-state index contributed by atoms with van der Waals surface area (Å²) in [5.41, 5.74) is 0. The van der Waals surface area contributed by atoms with Gasteiger partial charge in [0.05, 0.1) is 13.1 Å². The Labute approximate surface area is 80.5 Å². The molecule has 2 nitrogen and oxygen atoms in total. The molecule has 0 unspecified atom stereocenters. The first-order valence-electron chi connectivity index (χ1n) is 5.02. The second-order valence-electron chi connectivity index (χ2n) is 3.32. The first-order chi connectivity index (χ1) is 6.36. The molecule has 0 spiro atoms. The first kappa shape index (κ1) is 10.0. The van der Waals surface area contributed by atoms with Gasteiger partial charge in [0.1, 0.15) is 12.4 Å². The highest BCUT2D eigenvalue weighted by Gasteiger charge is 2.00. The number of aromatic nitrogens is 2. The average molecular weight is 179 g/mol. The van der Waals surface area contributed by atoms with Gasteiger partial charge in [0.2, 0.25) is 6.33 Å². The fraction of sp³-hybridized carbons (Fsp3) is 0.545. The Morgan fingerprint density at radius 3 is 3.08 bits per heavy atom. The molecule has 2 heteroatoms. The van der Waals surface area contributed by atoms with Crippen molar-refractivity contribution >= 4 is 0 Å². The van der Waals surface area contributed by atoms with Gasteiger partial charge in [-0.2, -0.15) is 0 Å². The topological polar surface area (TPSA) is 8.81 Å². The average Bonchev–Trinajstić information content (AvgIpc) is 2.59. The van der Waals surface area contributed by atoms with Crippen molar-refractivity contribution in [2.75, 3.05) is 0 Å². The van der Waals surface area contributed by atoms with Gasteiger partial charge in [-0.3, -0.25) is 0 Å². The van der Waals surface area contributed by atoms with E-state index in [1.807, 2.05) is 6.08 Å². The number of rotatable bonds is 6. The Hall–Kier alpha value is -1.05. The van der Waals surface area contributed by atoms with Gasteiger partial charge in [0.25, 0.3) is 0 Å². The Kier molecular flexibility index (Phi) is 4.30. The molecule has 0 aliphatic rings. The number of aryl methyl sites for hydroxylation is 2. The minimum atomic E-state index is 1.04. The zero-order valence-electron chi connectivity index (χ0n) is 8.45. The number of nitrogens with zero attached hydrogens (tertiary/aromatic N) is 2. The van der Waals surface area contributed by atoms with Crippen molar-refractivity contribution in [3.8, 4) is 0 Å². The molecule has 0 amide bonds. The third-order valence-corrected chi connectivity index (χ3v) is 2.11. The third-order valence-electron chi connectivity index (χ3n) is 2.11. The fourth-order valence-corrected chi connectivity index (χ4v) is 1.28. The zero-order valence-corrected chi connectivity index (χ0v) is 8.45. The van der Waals surface area contributed by atoms with E-state index in [-0.39, 0.29) is 0 Å². The molecule has 0 aliphatic carbocycles. The van der Waals surface area contributed by atoms with Crippen molar-refractivity contribution in [3.05, 3.63) is 31.4 Å². The molecule has 0 saturated carbocycles. The molecule has 0 fully saturated rings. The SMILES string of the molecule is C=CCC[n+]1ccn(CCCC)c1. The first-order valence-corrected chi connectivity index (χ1v) is 5.02. The number of imidazole rings is 1. The van der Waals surface area contributed by atoms with E-state index in [9.17, 15) is 0 Å². The van der Waals surface area contributed by atoms with Crippen LogP contribution in [0.1, 0.15) is 26.2 Å². The van der Waals surface area contributed by atoms with Crippen LogP contribution in [-0.2, 0) is 13.1 Å². The Morgan fingerprint density at radius 2 is 2.38 bits per heavy atom. The lowest BCUT2D eigenvalue weighted by atomic mass is 10.3. The molecule has 1 heterocycles. The van der Waals surface area contributed by atoms with Gasteiger partial charge < -0.3 is 0 Å². The van der Waals surface area contributed by atoms with Crippen LogP contribution in [-0.4, -0.2) is 4.57 Å². The molecular weight excluding hydrogens is 160 g/mol. The number of hydrogen-bond donors (Lipinski definition) is 0. The van der Waals surface area contributed by atoms with Gasteiger partial charge in [-0.25, -0.2) is 9.13 Å². The molecule has 0 aromatic carbocycles. The van der Waals surface area contributed by atoms with Crippen LogP contribution in [0.5, 0.6) is 0 Å². The number of allylic oxidation sites excluding steroid dienone is 1. The van der Waals surface area contributed by atoms with E-state index in [2.05, 4.69) is 41.4 Å². The standard InChI is InChI=1S/C11H19N2/c1-3-5-7-12-9-10-13(11-12)8-6-4-2/h3,9-11H,1,4-8H2,2H3/q+1. The predicted molar refractivity (Wildman–Crippen MR) is 54.3 cm³/mol. The highest BCUT2D eigenvalue weighted by Crippen LogP contribution is 1.93. The molecule has 13 heavy (non-hydrogen) atoms. The molecule has 0 aliphatic heterocycles. The summed E-state index contributed by atoms with van der Waals surface area (Å²) in [6.07, 6.45) is 11.9. The summed E-state index contributed by atoms with van der Waals surface area (Å²) in [7, 11) is 0. The smallest absolute Gasteiger partial charge is 0.237 e. The van der Waals surface area contributed by atoms with Crippen LogP contribution in [0, 0.1) is 0 Å². The van der Waals surface area contributed by atoms with Gasteiger partial charge in [-0.15, -0.1) is 6.58 Å². The maximum Gasteiger partial charge on any atom is 0.243 e. The van der Waals surface area contributed by atoms with Gasteiger partial charge in [0, 0.05) is 6.42 Å². The lowest BCUT2D eigenvalue weighted by Gasteiger charge is -1.92. The summed E-state index contributed by atoms with van der Waals surface area (Å²) < 4.78 is 4.45. The van der Waals surface area contributed by atoms with E-state index in [4.69, 9.17) is 0 Å². The minimum absolute atomic E-state index is 1.04. The molecule has 0 bridgehead atoms. The van der Waals surface area contributed by atoms with Crippen molar-refractivity contribution in [1.29, 1.82) is 0 Å². The summed E-state index contributed by atoms with van der Waals surface area (Å²) in [6, 6.07) is 0. The van der Waals surface area contributed by atoms with E-state index in [1.165, 1.54) is 12.8 Å². The molecule has 1 rings (SSSR count). The van der Waals surface area contributed by atoms with Crippen LogP contribution in [0.4, 0.5) is 0 Å². The highest BCUT2D eigenvalue weighted by atomic mass is 15.1. The lowest BCUT2D eigenvalue weighted by molar-refractivity contribution is -0.695. The van der Waals surface area contributed by atoms with Crippen molar-refractivity contribution < 1.29 is 4.57 Å². The molecule has 0 saturated heterocycles. The molecule has 0 N–H and O–H groups in total. The third kappa shape index (κ3) is 3.45. The molecule has 0 atom stereocenters. The quantitative estimate of drug-likeness (QED) is 0.467. The molecular formula is C11H19N2+. The second-order valence-corrected chi connectivity index (χ2v) is 3.32. The van der Waals surface area contributed by atoms with E-state index in [0.29, 0.717) is 0 Å². The van der Waals surface area contributed by atoms with Crippen molar-refractivity contribution in [1.82, 2.24) is 4.57 Å². The Morgan fingerprint density at radius 1 is 1.54 bits per heavy atom. The van der Waals surface area contributed by atoms with Crippen molar-refractivity contribution in [2.24, 2.45) is 0 Å². The van der Waals surface area contributed by atoms with E-state index >= 15 is 0 Å². The summed E-state index contributed by atoms with van der Waals surface area (Å²) in [6.45, 7) is 8.11. The van der Waals surface area contributed by atoms with Crippen LogP contribution < -0.4 is 4.57 Å². The number of unbranched alkanes of at least 4 members (excludes halogenated alkanes) is 1. The van der Waals surface area contributed by atoms with Gasteiger partial charge in [-0.05, 0) is 6.42 Å². The normalized spacial score (nSPS) is 10.2. The van der Waals surface area contributed by atoms with E-state index < -0.39 is 0 Å². The van der Waals surface area contributed by atoms with Crippen LogP contribution in [0.3, 0.4) is 0 Å². The van der Waals surface area contributed by atoms with E-state index in [1.54, 1.807) is 0 Å². The van der Waals surface area contributed by atoms with Crippen molar-refractivity contribution in [2.45, 2.75) is 39.3 Å². The van der Waals surface area contributed by atoms with Gasteiger partial charge >= 0.3 is 0 Å². The predicted octanol–water partition coefficient (Wildman–Crippen LogP) is 2.15. The summed E-state index contributed by atoms with van der Waals surface area (Å²) in [5.74, 6) is 0. The van der Waals surface area contributed by atoms with Crippen LogP contribution in [0.2, 0.25) is 0 Å². The van der Waals surface area contributed by atoms with Crippen LogP contribution in [0.15, 0.2) is 31.4 Å². The van der Waals surface area contributed by atoms with Crippen LogP contribution in [0.25, 0.3) is 0 Å². The summed E-state index contributed by atoms with van der Waals surface area (Å²) in [4.78, 5) is 0. The number of hydrogen-bond acceptors (Lipinski definition) is 0. The second kappa shape index (κ2) is 5.57. The zero-order chi connectivity index (χ0) is 9.52. The maximum absolute atomic E-state index is 3.71. The highest BCUT2D eigenvalue weighted by molar-refractivity contribution is 4.67. The van der Waals surface area contributed by atoms with Crippen LogP contribution >= 0.6 is 0 Å². The van der Waals surface area contributed by atoms with Gasteiger partial charge in [-0.1, -0.05) is 19.4 Å². The van der Waals surface area contributed by atoms with Crippen molar-refractivity contribution in [3.63, 3.8) is 0 Å².